The number of benzene rings is 1. The lowest BCUT2D eigenvalue weighted by Crippen LogP contribution is -2.59. The van der Waals surface area contributed by atoms with Gasteiger partial charge in [0.15, 0.2) is 0 Å². The molecule has 4 rings (SSSR count). The number of likely N-dealkylation sites (tertiary alicyclic amines) is 1. The molecular weight excluding hydrogens is 524 g/mol. The van der Waals surface area contributed by atoms with Crippen LogP contribution in [0.3, 0.4) is 0 Å². The van der Waals surface area contributed by atoms with Crippen LogP contribution in [-0.2, 0) is 19.1 Å². The summed E-state index contributed by atoms with van der Waals surface area (Å²) in [6.45, 7) is 13.6. The fourth-order valence-electron chi connectivity index (χ4n) is 6.71. The number of hydrogen-bond donors (Lipinski definition) is 1. The molecule has 2 bridgehead atoms. The molecule has 3 fully saturated rings. The van der Waals surface area contributed by atoms with Crippen LogP contribution in [0, 0.1) is 23.7 Å². The highest BCUT2D eigenvalue weighted by atomic mass is 35.5. The van der Waals surface area contributed by atoms with Gasteiger partial charge in [0, 0.05) is 11.8 Å². The van der Waals surface area contributed by atoms with Crippen molar-refractivity contribution >= 4 is 46.8 Å². The van der Waals surface area contributed by atoms with E-state index in [1.807, 2.05) is 19.9 Å². The van der Waals surface area contributed by atoms with Crippen molar-refractivity contribution in [3.8, 4) is 0 Å². The number of carbonyl (C=O) groups excluding carboxylic acids is 3. The normalized spacial score (nSPS) is 30.3. The van der Waals surface area contributed by atoms with Crippen LogP contribution in [0.1, 0.15) is 33.6 Å². The van der Waals surface area contributed by atoms with Crippen LogP contribution in [0.5, 0.6) is 0 Å². The maximum Gasteiger partial charge on any atom is 0.311 e. The molecule has 0 radical (unpaired) electrons. The Balaban J connectivity index is 1.86. The molecule has 3 saturated heterocycles. The fourth-order valence-corrected chi connectivity index (χ4v) is 9.34. The van der Waals surface area contributed by atoms with Crippen molar-refractivity contribution in [1.82, 2.24) is 4.90 Å². The number of carbonyl (C=O) groups is 3. The van der Waals surface area contributed by atoms with E-state index in [0.29, 0.717) is 23.6 Å². The zero-order valence-corrected chi connectivity index (χ0v) is 23.8. The number of aliphatic hydroxyl groups excluding tert-OH is 1. The van der Waals surface area contributed by atoms with Gasteiger partial charge in [-0.15, -0.1) is 18.3 Å². The van der Waals surface area contributed by atoms with E-state index in [4.69, 9.17) is 16.3 Å². The van der Waals surface area contributed by atoms with E-state index in [1.165, 1.54) is 6.08 Å². The van der Waals surface area contributed by atoms with Crippen molar-refractivity contribution in [3.63, 3.8) is 0 Å². The van der Waals surface area contributed by atoms with Gasteiger partial charge in [-0.25, -0.2) is 0 Å². The van der Waals surface area contributed by atoms with Crippen molar-refractivity contribution in [2.24, 2.45) is 23.7 Å². The summed E-state index contributed by atoms with van der Waals surface area (Å²) in [6, 6.07) is 5.65. The molecule has 0 aliphatic carbocycles. The van der Waals surface area contributed by atoms with Crippen molar-refractivity contribution in [1.29, 1.82) is 0 Å². The molecule has 2 amide bonds. The number of esters is 1. The van der Waals surface area contributed by atoms with Crippen molar-refractivity contribution in [3.05, 3.63) is 54.6 Å². The predicted octanol–water partition coefficient (Wildman–Crippen LogP) is 4.33. The van der Waals surface area contributed by atoms with Gasteiger partial charge in [-0.3, -0.25) is 14.4 Å². The molecule has 9 heteroatoms. The van der Waals surface area contributed by atoms with E-state index >= 15 is 0 Å². The number of ether oxygens (including phenoxy) is 1. The Morgan fingerprint density at radius 1 is 1.32 bits per heavy atom. The summed E-state index contributed by atoms with van der Waals surface area (Å²) in [6.07, 6.45) is 4.36. The van der Waals surface area contributed by atoms with Gasteiger partial charge in [-0.2, -0.15) is 0 Å². The van der Waals surface area contributed by atoms with Gasteiger partial charge in [-0.05, 0) is 36.8 Å². The minimum atomic E-state index is -0.880. The Hall–Kier alpha value is -2.29. The van der Waals surface area contributed by atoms with E-state index in [2.05, 4.69) is 20.1 Å². The van der Waals surface area contributed by atoms with Crippen molar-refractivity contribution in [2.75, 3.05) is 24.7 Å². The average molecular weight is 561 g/mol. The van der Waals surface area contributed by atoms with E-state index in [1.54, 1.807) is 45.8 Å². The highest BCUT2D eigenvalue weighted by Crippen LogP contribution is 2.69. The van der Waals surface area contributed by atoms with E-state index in [0.717, 1.165) is 0 Å². The monoisotopic (exact) mass is 560 g/mol. The third-order valence-electron chi connectivity index (χ3n) is 8.10. The summed E-state index contributed by atoms with van der Waals surface area (Å²) in [5.41, 5.74) is 0.530. The number of hydrogen-bond acceptors (Lipinski definition) is 6. The third-order valence-corrected chi connectivity index (χ3v) is 10.5. The van der Waals surface area contributed by atoms with Gasteiger partial charge in [0.25, 0.3) is 5.91 Å². The lowest BCUT2D eigenvalue weighted by atomic mass is 9.66. The first kappa shape index (κ1) is 28.7. The minimum absolute atomic E-state index is 0.0101. The van der Waals surface area contributed by atoms with Crippen LogP contribution in [0.25, 0.3) is 0 Å². The number of nitrogens with zero attached hydrogens (tertiary/aromatic N) is 2. The van der Waals surface area contributed by atoms with Crippen LogP contribution in [-0.4, -0.2) is 69.6 Å². The fraction of sp³-hybridized carbons (Fsp3) is 0.552. The first-order valence-electron chi connectivity index (χ1n) is 13.2. The summed E-state index contributed by atoms with van der Waals surface area (Å²) in [7, 11) is 0. The SMILES string of the molecule is C=CCOC(=O)[C@@H]1[C@@H]2CC(C)C3(S2)C(C(=O)N(CC=C)c2ccccc2Cl)N([C@@H](CO)CC(C)C)C(=O)[C@H]13. The molecule has 0 aromatic heterocycles. The number of rotatable bonds is 11. The van der Waals surface area contributed by atoms with Gasteiger partial charge in [-0.1, -0.05) is 63.2 Å². The van der Waals surface area contributed by atoms with Gasteiger partial charge in [0.2, 0.25) is 5.91 Å². The quantitative estimate of drug-likeness (QED) is 0.320. The standard InChI is InChI=1S/C29H37ClN2O5S/c1-6-12-31(21-11-9-8-10-20(21)30)27(35)25-29-18(5)15-22(38-29)23(28(36)37-13-7-2)24(29)26(34)32(25)19(16-33)14-17(3)4/h6-11,17-19,22-25,33H,1-2,12-16H2,3-5H3/t18?,19-,22+,23-,24+,25?,29?/m1/s1. The number of amides is 2. The van der Waals surface area contributed by atoms with Crippen LogP contribution >= 0.6 is 23.4 Å². The van der Waals surface area contributed by atoms with Crippen LogP contribution in [0.15, 0.2) is 49.6 Å². The molecule has 3 heterocycles. The molecular formula is C29H37ClN2O5S. The smallest absolute Gasteiger partial charge is 0.311 e. The lowest BCUT2D eigenvalue weighted by Gasteiger charge is -2.42. The molecule has 206 valence electrons. The third kappa shape index (κ3) is 4.58. The number of para-hydroxylation sites is 1. The first-order valence-corrected chi connectivity index (χ1v) is 14.4. The molecule has 0 saturated carbocycles. The zero-order valence-electron chi connectivity index (χ0n) is 22.2. The Labute approximate surface area is 234 Å². The van der Waals surface area contributed by atoms with Crippen LogP contribution in [0.2, 0.25) is 5.02 Å². The van der Waals surface area contributed by atoms with Crippen LogP contribution < -0.4 is 4.90 Å². The molecule has 1 aromatic carbocycles. The average Bonchev–Trinajstić information content (AvgIpc) is 3.48. The van der Waals surface area contributed by atoms with E-state index in [9.17, 15) is 19.5 Å². The number of anilines is 1. The molecule has 1 N–H and O–H groups in total. The van der Waals surface area contributed by atoms with Gasteiger partial charge in [0.1, 0.15) is 12.6 Å². The Morgan fingerprint density at radius 3 is 2.63 bits per heavy atom. The number of aliphatic hydroxyl groups is 1. The highest BCUT2D eigenvalue weighted by Gasteiger charge is 2.77. The number of halogens is 1. The van der Waals surface area contributed by atoms with Crippen molar-refractivity contribution < 1.29 is 24.2 Å². The summed E-state index contributed by atoms with van der Waals surface area (Å²) < 4.78 is 4.62. The number of fused-ring (bicyclic) bond motifs is 1. The number of thioether (sulfide) groups is 1. The maximum absolute atomic E-state index is 14.7. The zero-order chi connectivity index (χ0) is 27.8. The topological polar surface area (TPSA) is 87.2 Å². The first-order chi connectivity index (χ1) is 18.1. The molecule has 3 aliphatic heterocycles. The minimum Gasteiger partial charge on any atom is -0.461 e. The highest BCUT2D eigenvalue weighted by molar-refractivity contribution is 8.02. The molecule has 3 aliphatic rings. The van der Waals surface area contributed by atoms with Gasteiger partial charge < -0.3 is 19.6 Å². The Kier molecular flexibility index (Phi) is 8.65. The Bertz CT molecular complexity index is 1110. The second-order valence-corrected chi connectivity index (χ2v) is 12.8. The van der Waals surface area contributed by atoms with Crippen LogP contribution in [0.4, 0.5) is 5.69 Å². The van der Waals surface area contributed by atoms with E-state index < -0.39 is 34.6 Å². The summed E-state index contributed by atoms with van der Waals surface area (Å²) in [4.78, 5) is 45.4. The van der Waals surface area contributed by atoms with Gasteiger partial charge >= 0.3 is 5.97 Å². The van der Waals surface area contributed by atoms with Gasteiger partial charge in [0.05, 0.1) is 39.9 Å². The molecule has 1 spiro atoms. The second kappa shape index (κ2) is 11.4. The predicted molar refractivity (Wildman–Crippen MR) is 151 cm³/mol. The summed E-state index contributed by atoms with van der Waals surface area (Å²) >= 11 is 8.11. The Morgan fingerprint density at radius 2 is 2.03 bits per heavy atom. The molecule has 38 heavy (non-hydrogen) atoms. The molecule has 7 nitrogen and oxygen atoms in total. The summed E-state index contributed by atoms with van der Waals surface area (Å²) in [5, 5.41) is 10.8. The van der Waals surface area contributed by atoms with E-state index in [-0.39, 0.29) is 48.7 Å². The van der Waals surface area contributed by atoms with Crippen molar-refractivity contribution in [2.45, 2.75) is 55.7 Å². The molecule has 7 atom stereocenters. The maximum atomic E-state index is 14.7. The lowest BCUT2D eigenvalue weighted by molar-refractivity contribution is -0.154. The second-order valence-electron chi connectivity index (χ2n) is 10.9. The largest absolute Gasteiger partial charge is 0.461 e. The molecule has 1 aromatic rings. The summed E-state index contributed by atoms with van der Waals surface area (Å²) in [5.74, 6) is -2.18. The molecule has 3 unspecified atom stereocenters.